The zero-order valence-electron chi connectivity index (χ0n) is 13.6. The van der Waals surface area contributed by atoms with Gasteiger partial charge in [0.05, 0.1) is 4.90 Å². The quantitative estimate of drug-likeness (QED) is 0.880. The molecule has 3 rings (SSSR count). The highest BCUT2D eigenvalue weighted by molar-refractivity contribution is 7.89. The predicted octanol–water partition coefficient (Wildman–Crippen LogP) is 3.77. The molecular formula is C18H19ClN2O3S. The van der Waals surface area contributed by atoms with E-state index in [0.717, 1.165) is 19.3 Å². The van der Waals surface area contributed by atoms with E-state index in [4.69, 9.17) is 11.6 Å². The zero-order valence-corrected chi connectivity index (χ0v) is 15.2. The minimum absolute atomic E-state index is 0.198. The molecule has 25 heavy (non-hydrogen) atoms. The number of piperidine rings is 1. The van der Waals surface area contributed by atoms with Crippen molar-refractivity contribution >= 4 is 33.2 Å². The van der Waals surface area contributed by atoms with Gasteiger partial charge in [0, 0.05) is 29.4 Å². The first-order valence-corrected chi connectivity index (χ1v) is 9.96. The average Bonchev–Trinajstić information content (AvgIpc) is 2.63. The lowest BCUT2D eigenvalue weighted by atomic mass is 10.2. The van der Waals surface area contributed by atoms with Gasteiger partial charge < -0.3 is 5.32 Å². The van der Waals surface area contributed by atoms with Crippen molar-refractivity contribution < 1.29 is 13.2 Å². The zero-order chi connectivity index (χ0) is 17.9. The summed E-state index contributed by atoms with van der Waals surface area (Å²) in [6.45, 7) is 1.09. The molecule has 0 atom stereocenters. The molecule has 7 heteroatoms. The lowest BCUT2D eigenvalue weighted by Crippen LogP contribution is -2.35. The molecular weight excluding hydrogens is 360 g/mol. The maximum Gasteiger partial charge on any atom is 0.255 e. The summed E-state index contributed by atoms with van der Waals surface area (Å²) in [5, 5.41) is 3.28. The monoisotopic (exact) mass is 378 g/mol. The fraction of sp³-hybridized carbons (Fsp3) is 0.278. The van der Waals surface area contributed by atoms with Gasteiger partial charge in [0.2, 0.25) is 10.0 Å². The molecule has 0 radical (unpaired) electrons. The Morgan fingerprint density at radius 3 is 2.36 bits per heavy atom. The number of hydrogen-bond donors (Lipinski definition) is 1. The molecule has 1 heterocycles. The second-order valence-corrected chi connectivity index (χ2v) is 8.33. The Morgan fingerprint density at radius 1 is 1.00 bits per heavy atom. The van der Waals surface area contributed by atoms with Crippen molar-refractivity contribution in [3.8, 4) is 0 Å². The van der Waals surface area contributed by atoms with Crippen molar-refractivity contribution in [3.63, 3.8) is 0 Å². The Balaban J connectivity index is 1.79. The van der Waals surface area contributed by atoms with Gasteiger partial charge in [-0.15, -0.1) is 0 Å². The van der Waals surface area contributed by atoms with Crippen molar-refractivity contribution in [1.82, 2.24) is 4.31 Å². The number of nitrogens with one attached hydrogen (secondary N) is 1. The number of amides is 1. The molecule has 1 fully saturated rings. The second-order valence-electron chi connectivity index (χ2n) is 5.95. The van der Waals surface area contributed by atoms with Crippen molar-refractivity contribution in [2.75, 3.05) is 18.4 Å². The van der Waals surface area contributed by atoms with Gasteiger partial charge in [0.25, 0.3) is 5.91 Å². The van der Waals surface area contributed by atoms with Crippen LogP contribution in [0.15, 0.2) is 53.4 Å². The fourth-order valence-corrected chi connectivity index (χ4v) is 4.48. The Kier molecular flexibility index (Phi) is 5.42. The summed E-state index contributed by atoms with van der Waals surface area (Å²) in [6.07, 6.45) is 2.82. The van der Waals surface area contributed by atoms with Gasteiger partial charge >= 0.3 is 0 Å². The van der Waals surface area contributed by atoms with E-state index in [0.29, 0.717) is 29.4 Å². The minimum Gasteiger partial charge on any atom is -0.322 e. The molecule has 2 aromatic rings. The lowest BCUT2D eigenvalue weighted by Gasteiger charge is -2.26. The van der Waals surface area contributed by atoms with Crippen molar-refractivity contribution in [2.45, 2.75) is 24.2 Å². The largest absolute Gasteiger partial charge is 0.322 e. The molecule has 0 unspecified atom stereocenters. The summed E-state index contributed by atoms with van der Waals surface area (Å²) in [5.74, 6) is -0.316. The van der Waals surface area contributed by atoms with E-state index in [1.165, 1.54) is 10.4 Å². The first-order chi connectivity index (χ1) is 12.0. The molecule has 0 saturated carbocycles. The van der Waals surface area contributed by atoms with Crippen LogP contribution in [0.4, 0.5) is 5.69 Å². The number of carbonyl (C=O) groups is 1. The van der Waals surface area contributed by atoms with Crippen molar-refractivity contribution in [3.05, 3.63) is 59.1 Å². The number of halogens is 1. The van der Waals surface area contributed by atoms with Crippen LogP contribution in [0.5, 0.6) is 0 Å². The maximum atomic E-state index is 12.7. The second kappa shape index (κ2) is 7.56. The number of nitrogens with zero attached hydrogens (tertiary/aromatic N) is 1. The topological polar surface area (TPSA) is 66.5 Å². The number of sulfonamides is 1. The summed E-state index contributed by atoms with van der Waals surface area (Å²) in [7, 11) is -3.53. The van der Waals surface area contributed by atoms with Crippen LogP contribution in [0.2, 0.25) is 5.02 Å². The standard InChI is InChI=1S/C18H19ClN2O3S/c19-15-9-7-14(8-10-15)18(22)20-16-5-4-6-17(13-16)25(23,24)21-11-2-1-3-12-21/h4-10,13H,1-3,11-12H2,(H,20,22). The smallest absolute Gasteiger partial charge is 0.255 e. The third kappa shape index (κ3) is 4.21. The van der Waals surface area contributed by atoms with Crippen LogP contribution in [-0.2, 0) is 10.0 Å². The fourth-order valence-electron chi connectivity index (χ4n) is 2.79. The van der Waals surface area contributed by atoms with Crippen molar-refractivity contribution in [2.24, 2.45) is 0 Å². The summed E-state index contributed by atoms with van der Waals surface area (Å²) < 4.78 is 27.0. The van der Waals surface area contributed by atoms with Crippen LogP contribution in [-0.4, -0.2) is 31.7 Å². The summed E-state index contributed by atoms with van der Waals surface area (Å²) in [5.41, 5.74) is 0.895. The maximum absolute atomic E-state index is 12.7. The van der Waals surface area contributed by atoms with Gasteiger partial charge in [-0.25, -0.2) is 8.42 Å². The highest BCUT2D eigenvalue weighted by Crippen LogP contribution is 2.23. The third-order valence-electron chi connectivity index (χ3n) is 4.15. The van der Waals surface area contributed by atoms with Gasteiger partial charge in [-0.05, 0) is 55.3 Å². The number of hydrogen-bond acceptors (Lipinski definition) is 3. The third-order valence-corrected chi connectivity index (χ3v) is 6.30. The molecule has 1 aliphatic heterocycles. The molecule has 0 aliphatic carbocycles. The summed E-state index contributed by atoms with van der Waals surface area (Å²) in [4.78, 5) is 12.5. The molecule has 0 bridgehead atoms. The highest BCUT2D eigenvalue weighted by Gasteiger charge is 2.26. The first-order valence-electron chi connectivity index (χ1n) is 8.14. The van der Waals surface area contributed by atoms with Crippen LogP contribution < -0.4 is 5.32 Å². The van der Waals surface area contributed by atoms with Crippen LogP contribution in [0.25, 0.3) is 0 Å². The number of anilines is 1. The summed E-state index contributed by atoms with van der Waals surface area (Å²) >= 11 is 5.82. The van der Waals surface area contributed by atoms with E-state index < -0.39 is 10.0 Å². The van der Waals surface area contributed by atoms with E-state index >= 15 is 0 Å². The summed E-state index contributed by atoms with van der Waals surface area (Å²) in [6, 6.07) is 12.9. The number of carbonyl (C=O) groups excluding carboxylic acids is 1. The Hall–Kier alpha value is -1.89. The molecule has 0 spiro atoms. The number of rotatable bonds is 4. The van der Waals surface area contributed by atoms with Crippen LogP contribution >= 0.6 is 11.6 Å². The van der Waals surface area contributed by atoms with E-state index in [9.17, 15) is 13.2 Å². The van der Waals surface area contributed by atoms with E-state index in [2.05, 4.69) is 5.32 Å². The molecule has 132 valence electrons. The van der Waals surface area contributed by atoms with Crippen LogP contribution in [0.3, 0.4) is 0 Å². The SMILES string of the molecule is O=C(Nc1cccc(S(=O)(=O)N2CCCCC2)c1)c1ccc(Cl)cc1. The molecule has 2 aromatic carbocycles. The van der Waals surface area contributed by atoms with Gasteiger partial charge in [-0.3, -0.25) is 4.79 Å². The Bertz CT molecular complexity index is 860. The van der Waals surface area contributed by atoms with Crippen LogP contribution in [0, 0.1) is 0 Å². The van der Waals surface area contributed by atoms with Gasteiger partial charge in [-0.2, -0.15) is 4.31 Å². The van der Waals surface area contributed by atoms with Gasteiger partial charge in [0.1, 0.15) is 0 Å². The molecule has 1 saturated heterocycles. The first kappa shape index (κ1) is 17.9. The molecule has 1 aliphatic rings. The molecule has 1 amide bonds. The average molecular weight is 379 g/mol. The predicted molar refractivity (Wildman–Crippen MR) is 98.5 cm³/mol. The number of benzene rings is 2. The van der Waals surface area contributed by atoms with E-state index in [-0.39, 0.29) is 10.8 Å². The van der Waals surface area contributed by atoms with Gasteiger partial charge in [0.15, 0.2) is 0 Å². The molecule has 5 nitrogen and oxygen atoms in total. The van der Waals surface area contributed by atoms with E-state index in [1.54, 1.807) is 42.5 Å². The minimum atomic E-state index is -3.53. The van der Waals surface area contributed by atoms with Gasteiger partial charge in [-0.1, -0.05) is 24.1 Å². The van der Waals surface area contributed by atoms with E-state index in [1.807, 2.05) is 0 Å². The Morgan fingerprint density at radius 2 is 1.68 bits per heavy atom. The highest BCUT2D eigenvalue weighted by atomic mass is 35.5. The lowest BCUT2D eigenvalue weighted by molar-refractivity contribution is 0.102. The Labute approximate surface area is 152 Å². The normalized spacial score (nSPS) is 15.7. The van der Waals surface area contributed by atoms with Crippen molar-refractivity contribution in [1.29, 1.82) is 0 Å². The van der Waals surface area contributed by atoms with Crippen LogP contribution in [0.1, 0.15) is 29.6 Å². The molecule has 0 aromatic heterocycles. The molecule has 1 N–H and O–H groups in total.